The third kappa shape index (κ3) is 2.30. The van der Waals surface area contributed by atoms with E-state index in [1.54, 1.807) is 18.9 Å². The molecule has 1 aromatic carbocycles. The molecule has 2 aliphatic rings. The molecule has 124 valence electrons. The first kappa shape index (κ1) is 15.2. The fourth-order valence-corrected chi connectivity index (χ4v) is 4.24. The molecule has 0 bridgehead atoms. The molecule has 0 aliphatic carbocycles. The zero-order chi connectivity index (χ0) is 16.7. The van der Waals surface area contributed by atoms with Crippen LogP contribution in [0.1, 0.15) is 12.5 Å². The van der Waals surface area contributed by atoms with E-state index in [0.717, 1.165) is 28.0 Å². The largest absolute Gasteiger partial charge is 0.493 e. The van der Waals surface area contributed by atoms with Crippen LogP contribution in [0.2, 0.25) is 0 Å². The van der Waals surface area contributed by atoms with Crippen LogP contribution in [0.4, 0.5) is 9.93 Å². The van der Waals surface area contributed by atoms with E-state index in [-0.39, 0.29) is 18.1 Å². The minimum atomic E-state index is -0.285. The van der Waals surface area contributed by atoms with Crippen molar-refractivity contribution in [1.29, 1.82) is 0 Å². The Morgan fingerprint density at radius 2 is 2.42 bits per heavy atom. The fourth-order valence-electron chi connectivity index (χ4n) is 3.21. The number of nitrogens with zero attached hydrogens (tertiary/aromatic N) is 2. The number of thiazole rings is 1. The Morgan fingerprint density at radius 1 is 1.54 bits per heavy atom. The number of nitrogens with one attached hydrogen (secondary N) is 1. The van der Waals surface area contributed by atoms with Crippen molar-refractivity contribution >= 4 is 32.7 Å². The quantitative estimate of drug-likeness (QED) is 0.868. The summed E-state index contributed by atoms with van der Waals surface area (Å²) >= 11 is 1.50. The Balaban J connectivity index is 1.77. The highest BCUT2D eigenvalue weighted by atomic mass is 32.1. The molecule has 0 spiro atoms. The van der Waals surface area contributed by atoms with Gasteiger partial charge in [-0.3, -0.25) is 4.90 Å². The first-order valence-corrected chi connectivity index (χ1v) is 8.60. The van der Waals surface area contributed by atoms with Gasteiger partial charge in [-0.15, -0.1) is 5.92 Å². The molecule has 7 heteroatoms. The minimum absolute atomic E-state index is 0.170. The average Bonchev–Trinajstić information content (AvgIpc) is 3.24. The molecule has 1 saturated heterocycles. The number of ether oxygens (including phenoxy) is 2. The number of benzene rings is 1. The molecule has 24 heavy (non-hydrogen) atoms. The molecule has 0 unspecified atom stereocenters. The number of fused-ring (bicyclic) bond motifs is 3. The number of amides is 2. The Hall–Kier alpha value is -2.30. The van der Waals surface area contributed by atoms with E-state index in [1.807, 2.05) is 12.1 Å². The topological polar surface area (TPSA) is 63.7 Å². The van der Waals surface area contributed by atoms with Crippen molar-refractivity contribution in [3.8, 4) is 17.6 Å². The molecule has 2 amide bonds. The summed E-state index contributed by atoms with van der Waals surface area (Å²) in [6.45, 7) is 2.87. The maximum Gasteiger partial charge on any atom is 0.325 e. The Labute approximate surface area is 143 Å². The van der Waals surface area contributed by atoms with Crippen LogP contribution in [-0.2, 0) is 11.2 Å². The highest BCUT2D eigenvalue weighted by Crippen LogP contribution is 2.38. The van der Waals surface area contributed by atoms with E-state index < -0.39 is 0 Å². The van der Waals surface area contributed by atoms with Gasteiger partial charge in [0.2, 0.25) is 0 Å². The van der Waals surface area contributed by atoms with Crippen molar-refractivity contribution in [3.63, 3.8) is 0 Å². The number of carbonyl (C=O) groups is 1. The van der Waals surface area contributed by atoms with Crippen molar-refractivity contribution in [2.24, 2.45) is 0 Å². The second-order valence-corrected chi connectivity index (χ2v) is 6.71. The van der Waals surface area contributed by atoms with Gasteiger partial charge in [0.1, 0.15) is 11.8 Å². The third-order valence-corrected chi connectivity index (χ3v) is 5.27. The molecule has 4 rings (SSSR count). The monoisotopic (exact) mass is 343 g/mol. The van der Waals surface area contributed by atoms with E-state index >= 15 is 0 Å². The summed E-state index contributed by atoms with van der Waals surface area (Å²) in [7, 11) is 1.62. The molecular weight excluding hydrogens is 326 g/mol. The summed E-state index contributed by atoms with van der Waals surface area (Å²) in [6, 6.07) is 3.34. The summed E-state index contributed by atoms with van der Waals surface area (Å²) < 4.78 is 11.9. The van der Waals surface area contributed by atoms with E-state index in [0.29, 0.717) is 18.3 Å². The maximum atomic E-state index is 12.5. The van der Waals surface area contributed by atoms with Crippen LogP contribution < -0.4 is 15.0 Å². The number of hydrogen-bond donors (Lipinski definition) is 1. The molecule has 1 aromatic heterocycles. The zero-order valence-electron chi connectivity index (χ0n) is 13.5. The third-order valence-electron chi connectivity index (χ3n) is 4.25. The van der Waals surface area contributed by atoms with E-state index in [9.17, 15) is 4.79 Å². The van der Waals surface area contributed by atoms with Gasteiger partial charge in [-0.05, 0) is 19.1 Å². The predicted octanol–water partition coefficient (Wildman–Crippen LogP) is 2.17. The highest BCUT2D eigenvalue weighted by Gasteiger charge is 2.41. The average molecular weight is 343 g/mol. The summed E-state index contributed by atoms with van der Waals surface area (Å²) in [5, 5.41) is 3.60. The highest BCUT2D eigenvalue weighted by molar-refractivity contribution is 7.22. The van der Waals surface area contributed by atoms with Gasteiger partial charge in [-0.1, -0.05) is 17.3 Å². The van der Waals surface area contributed by atoms with Gasteiger partial charge in [0.25, 0.3) is 0 Å². The lowest BCUT2D eigenvalue weighted by Crippen LogP contribution is -2.38. The van der Waals surface area contributed by atoms with Gasteiger partial charge in [0.15, 0.2) is 5.13 Å². The van der Waals surface area contributed by atoms with Gasteiger partial charge in [0.05, 0.1) is 29.5 Å². The molecular formula is C17H17N3O3S. The fraction of sp³-hybridized carbons (Fsp3) is 0.412. The molecule has 2 aliphatic heterocycles. The van der Waals surface area contributed by atoms with Crippen molar-refractivity contribution < 1.29 is 14.3 Å². The Kier molecular flexibility index (Phi) is 3.79. The van der Waals surface area contributed by atoms with Crippen molar-refractivity contribution in [1.82, 2.24) is 10.3 Å². The van der Waals surface area contributed by atoms with Gasteiger partial charge in [-0.25, -0.2) is 9.78 Å². The van der Waals surface area contributed by atoms with Crippen LogP contribution in [0.25, 0.3) is 10.2 Å². The van der Waals surface area contributed by atoms with Gasteiger partial charge in [-0.2, -0.15) is 0 Å². The molecule has 0 radical (unpaired) electrons. The van der Waals surface area contributed by atoms with E-state index in [1.165, 1.54) is 11.3 Å². The summed E-state index contributed by atoms with van der Waals surface area (Å²) in [6.07, 6.45) is 0.854. The number of urea groups is 1. The predicted molar refractivity (Wildman–Crippen MR) is 92.7 cm³/mol. The van der Waals surface area contributed by atoms with Gasteiger partial charge in [0, 0.05) is 19.1 Å². The lowest BCUT2D eigenvalue weighted by Gasteiger charge is -2.18. The van der Waals surface area contributed by atoms with Crippen LogP contribution in [0.5, 0.6) is 5.75 Å². The molecule has 2 aromatic rings. The van der Waals surface area contributed by atoms with Gasteiger partial charge >= 0.3 is 6.03 Å². The number of rotatable bonds is 3. The van der Waals surface area contributed by atoms with Crippen LogP contribution >= 0.6 is 11.3 Å². The number of methoxy groups -OCH3 is 1. The lowest BCUT2D eigenvalue weighted by atomic mass is 10.1. The van der Waals surface area contributed by atoms with Crippen LogP contribution in [-0.4, -0.2) is 43.4 Å². The molecule has 1 fully saturated rings. The molecule has 0 saturated carbocycles. The number of aromatic nitrogens is 1. The van der Waals surface area contributed by atoms with Crippen LogP contribution in [0.3, 0.4) is 0 Å². The van der Waals surface area contributed by atoms with E-state index in [2.05, 4.69) is 17.2 Å². The maximum absolute atomic E-state index is 12.5. The van der Waals surface area contributed by atoms with Crippen LogP contribution in [0.15, 0.2) is 12.1 Å². The molecule has 2 atom stereocenters. The summed E-state index contributed by atoms with van der Waals surface area (Å²) in [5.41, 5.74) is 2.05. The van der Waals surface area contributed by atoms with Crippen molar-refractivity contribution in [2.45, 2.75) is 25.4 Å². The zero-order valence-corrected chi connectivity index (χ0v) is 14.3. The first-order chi connectivity index (χ1) is 11.7. The van der Waals surface area contributed by atoms with Gasteiger partial charge < -0.3 is 14.8 Å². The molecule has 3 heterocycles. The minimum Gasteiger partial charge on any atom is -0.493 e. The van der Waals surface area contributed by atoms with Crippen LogP contribution in [0, 0.1) is 11.8 Å². The van der Waals surface area contributed by atoms with Crippen molar-refractivity contribution in [3.05, 3.63) is 17.7 Å². The SMILES string of the molecule is CC#C[C@H]1[C@H](COC)NC(=O)N1c1nc2c3c(ccc2s1)OCC3. The normalized spacial score (nSPS) is 22.1. The summed E-state index contributed by atoms with van der Waals surface area (Å²) in [5.74, 6) is 6.92. The standard InChI is InChI=1S/C17H17N3O3S/c1-3-4-12-11(9-22-2)18-16(21)20(12)17-19-15-10-7-8-23-13(10)5-6-14(15)24-17/h5-6,11-12H,7-9H2,1-2H3,(H,18,21)/t11-,12-/m0/s1. The number of anilines is 1. The lowest BCUT2D eigenvalue weighted by molar-refractivity contribution is 0.172. The van der Waals surface area contributed by atoms with Crippen molar-refractivity contribution in [2.75, 3.05) is 25.2 Å². The second kappa shape index (κ2) is 5.96. The smallest absolute Gasteiger partial charge is 0.325 e. The Morgan fingerprint density at radius 3 is 3.21 bits per heavy atom. The molecule has 6 nitrogen and oxygen atoms in total. The second-order valence-electron chi connectivity index (χ2n) is 5.70. The van der Waals surface area contributed by atoms with E-state index in [4.69, 9.17) is 14.5 Å². The number of hydrogen-bond acceptors (Lipinski definition) is 5. The Bertz CT molecular complexity index is 867. The number of carbonyl (C=O) groups excluding carboxylic acids is 1. The summed E-state index contributed by atoms with van der Waals surface area (Å²) in [4.78, 5) is 18.9. The molecule has 1 N–H and O–H groups in total. The first-order valence-electron chi connectivity index (χ1n) is 7.79.